The van der Waals surface area contributed by atoms with Crippen LogP contribution in [0.4, 0.5) is 0 Å². The van der Waals surface area contributed by atoms with Gasteiger partial charge in [0.1, 0.15) is 24.0 Å². The first kappa shape index (κ1) is 55.7. The number of Topliss-reactive ketones (excluding diaryl/α,β-unsaturated/α-hetero) is 3. The van der Waals surface area contributed by atoms with E-state index in [0.29, 0.717) is 55.6 Å². The molecule has 0 bridgehead atoms. The van der Waals surface area contributed by atoms with E-state index in [1.807, 2.05) is 50.3 Å². The summed E-state index contributed by atoms with van der Waals surface area (Å²) >= 11 is 0. The van der Waals surface area contributed by atoms with Crippen LogP contribution in [0.1, 0.15) is 135 Å². The minimum absolute atomic E-state index is 0.0103. The quantitative estimate of drug-likeness (QED) is 0.0440. The summed E-state index contributed by atoms with van der Waals surface area (Å²) in [5.74, 6) is -7.52. The van der Waals surface area contributed by atoms with Gasteiger partial charge in [-0.1, -0.05) is 88.3 Å². The molecule has 13 atom stereocenters. The van der Waals surface area contributed by atoms with E-state index in [-0.39, 0.29) is 56.0 Å². The van der Waals surface area contributed by atoms with Crippen LogP contribution in [0.25, 0.3) is 6.08 Å². The topological polar surface area (TPSA) is 195 Å². The van der Waals surface area contributed by atoms with Crippen LogP contribution >= 0.6 is 0 Å². The van der Waals surface area contributed by atoms with Crippen LogP contribution in [0.15, 0.2) is 53.6 Å². The normalized spacial score (nSPS) is 28.6. The van der Waals surface area contributed by atoms with Gasteiger partial charge in [0.25, 0.3) is 11.7 Å². The van der Waals surface area contributed by atoms with Crippen LogP contribution in [0, 0.1) is 29.6 Å². The van der Waals surface area contributed by atoms with Crippen LogP contribution in [0.2, 0.25) is 0 Å². The molecule has 0 spiro atoms. The maximum absolute atomic E-state index is 14.5. The number of methoxy groups -OCH3 is 3. The zero-order valence-corrected chi connectivity index (χ0v) is 41.6. The lowest BCUT2D eigenvalue weighted by molar-refractivity contribution is -0.291. The molecule has 2 saturated heterocycles. The largest absolute Gasteiger partial charge is 0.456 e. The molecule has 2 aliphatic heterocycles. The van der Waals surface area contributed by atoms with Crippen molar-refractivity contribution in [1.29, 1.82) is 0 Å². The number of allylic oxidation sites excluding steroid dienone is 4. The van der Waals surface area contributed by atoms with Crippen LogP contribution in [-0.4, -0.2) is 132 Å². The lowest BCUT2D eigenvalue weighted by Crippen LogP contribution is -2.63. The third kappa shape index (κ3) is 15.1. The molecule has 1 amide bonds. The number of amides is 1. The molecule has 1 unspecified atom stereocenters. The summed E-state index contributed by atoms with van der Waals surface area (Å²) in [7, 11) is 4.50. The van der Waals surface area contributed by atoms with Gasteiger partial charge in [-0.2, -0.15) is 0 Å². The Morgan fingerprint density at radius 1 is 0.940 bits per heavy atom. The van der Waals surface area contributed by atoms with Gasteiger partial charge in [0.05, 0.1) is 31.0 Å². The van der Waals surface area contributed by atoms with Crippen molar-refractivity contribution in [3.05, 3.63) is 64.8 Å². The molecule has 3 N–H and O–H groups in total. The predicted molar refractivity (Wildman–Crippen MR) is 255 cm³/mol. The summed E-state index contributed by atoms with van der Waals surface area (Å²) in [6.07, 6.45) is 8.34. The Morgan fingerprint density at radius 3 is 2.25 bits per heavy atom. The highest BCUT2D eigenvalue weighted by atomic mass is 16.7. The van der Waals surface area contributed by atoms with E-state index in [9.17, 15) is 39.3 Å². The zero-order valence-electron chi connectivity index (χ0n) is 41.6. The SMILES string of the molecule is CC[C@@H](C)C/C(C)=C/C(C/C=C/c1ccc(C(C)=O)cc1)C(=O)C[C@H](O)[C@@H](C)[C@H](OC(=O)[C@@H]1CCCCN1C(=O)C(=O)[C@]1(O)O[C@H](COC)[C@@H](OC)C[C@H]1C)/C(C)=C/[C@@H]1CC[C@@H](O)[C@H](OC)C1. The molecule has 0 aromatic heterocycles. The minimum atomic E-state index is -2.49. The molecule has 1 aromatic rings. The third-order valence-electron chi connectivity index (χ3n) is 14.3. The molecule has 67 heavy (non-hydrogen) atoms. The van der Waals surface area contributed by atoms with Gasteiger partial charge >= 0.3 is 5.97 Å². The summed E-state index contributed by atoms with van der Waals surface area (Å²) in [5.41, 5.74) is 3.19. The Hall–Kier alpha value is -3.89. The van der Waals surface area contributed by atoms with Gasteiger partial charge in [0.15, 0.2) is 5.78 Å². The summed E-state index contributed by atoms with van der Waals surface area (Å²) in [6, 6.07) is 6.06. The Bertz CT molecular complexity index is 1910. The van der Waals surface area contributed by atoms with E-state index >= 15 is 0 Å². The van der Waals surface area contributed by atoms with Crippen molar-refractivity contribution in [2.75, 3.05) is 34.5 Å². The number of hydrogen-bond donors (Lipinski definition) is 3. The molecule has 4 rings (SSSR count). The average molecular weight is 938 g/mol. The number of aliphatic hydroxyl groups excluding tert-OH is 2. The Morgan fingerprint density at radius 2 is 1.63 bits per heavy atom. The van der Waals surface area contributed by atoms with Crippen molar-refractivity contribution in [3.63, 3.8) is 0 Å². The van der Waals surface area contributed by atoms with E-state index in [1.165, 1.54) is 21.1 Å². The molecule has 1 saturated carbocycles. The fourth-order valence-corrected chi connectivity index (χ4v) is 9.77. The standard InChI is InChI=1S/C53H79NO13/c1-11-32(2)25-33(3)26-41(16-14-15-38-18-21-40(22-19-38)37(7)55)45(58)30-44(57)36(6)49(34(4)27-39-20-23-43(56)46(29-39)64-9)66-52(61)42-17-12-13-24-54(42)51(60)50(59)53(62)35(5)28-47(65-10)48(67-53)31-63-8/h14-15,18-19,21-22,26-27,32,35-36,39,41-44,46-49,56-57,62H,11-13,16-17,20,23-25,28-31H2,1-10H3/b15-14+,33-26+,34-27+/t32-,35-,36-,39+,41?,42+,43-,44+,46-,47+,48-,49-,53-/m1/s1. The van der Waals surface area contributed by atoms with Gasteiger partial charge in [-0.25, -0.2) is 4.79 Å². The van der Waals surface area contributed by atoms with E-state index < -0.39 is 77.8 Å². The van der Waals surface area contributed by atoms with Crippen LogP contribution in [0.5, 0.6) is 0 Å². The number of nitrogens with zero attached hydrogens (tertiary/aromatic N) is 1. The molecular weight excluding hydrogens is 859 g/mol. The Kier molecular flexibility index (Phi) is 21.8. The number of rotatable bonds is 23. The van der Waals surface area contributed by atoms with Crippen molar-refractivity contribution in [1.82, 2.24) is 4.90 Å². The van der Waals surface area contributed by atoms with E-state index in [1.54, 1.807) is 33.1 Å². The van der Waals surface area contributed by atoms with Gasteiger partial charge in [-0.05, 0) is 102 Å². The van der Waals surface area contributed by atoms with E-state index in [0.717, 1.165) is 28.9 Å². The summed E-state index contributed by atoms with van der Waals surface area (Å²) in [6.45, 7) is 13.0. The molecule has 1 aliphatic carbocycles. The smallest absolute Gasteiger partial charge is 0.329 e. The molecule has 2 heterocycles. The maximum atomic E-state index is 14.5. The number of carbonyl (C=O) groups is 5. The highest BCUT2D eigenvalue weighted by Gasteiger charge is 2.55. The average Bonchev–Trinajstić information content (AvgIpc) is 3.31. The molecule has 3 fully saturated rings. The van der Waals surface area contributed by atoms with Crippen LogP contribution in [0.3, 0.4) is 0 Å². The van der Waals surface area contributed by atoms with Crippen molar-refractivity contribution in [2.45, 2.75) is 168 Å². The second-order valence-electron chi connectivity index (χ2n) is 19.5. The van der Waals surface area contributed by atoms with Crippen molar-refractivity contribution in [3.8, 4) is 0 Å². The molecule has 374 valence electrons. The maximum Gasteiger partial charge on any atom is 0.329 e. The molecule has 0 radical (unpaired) electrons. The summed E-state index contributed by atoms with van der Waals surface area (Å²) < 4.78 is 28.6. The number of benzene rings is 1. The van der Waals surface area contributed by atoms with Crippen molar-refractivity contribution < 1.29 is 63.0 Å². The van der Waals surface area contributed by atoms with Crippen molar-refractivity contribution in [2.24, 2.45) is 29.6 Å². The van der Waals surface area contributed by atoms with Gasteiger partial charge in [0, 0.05) is 57.6 Å². The number of aliphatic hydroxyl groups is 3. The number of piperidine rings is 1. The second kappa shape index (κ2) is 26.2. The minimum Gasteiger partial charge on any atom is -0.456 e. The summed E-state index contributed by atoms with van der Waals surface area (Å²) in [4.78, 5) is 69.9. The summed E-state index contributed by atoms with van der Waals surface area (Å²) in [5, 5.41) is 34.2. The van der Waals surface area contributed by atoms with Crippen LogP contribution < -0.4 is 0 Å². The molecular formula is C53H79NO13. The van der Waals surface area contributed by atoms with Gasteiger partial charge in [-0.15, -0.1) is 0 Å². The first-order chi connectivity index (χ1) is 31.8. The Labute approximate surface area is 398 Å². The first-order valence-corrected chi connectivity index (χ1v) is 24.3. The van der Waals surface area contributed by atoms with E-state index in [4.69, 9.17) is 23.7 Å². The number of esters is 1. The lowest BCUT2D eigenvalue weighted by Gasteiger charge is -2.44. The Balaban J connectivity index is 1.61. The number of ketones is 3. The molecule has 14 heteroatoms. The molecule has 3 aliphatic rings. The van der Waals surface area contributed by atoms with Crippen LogP contribution in [-0.2, 0) is 42.9 Å². The number of hydrogen-bond acceptors (Lipinski definition) is 13. The predicted octanol–water partition coefficient (Wildman–Crippen LogP) is 7.01. The third-order valence-corrected chi connectivity index (χ3v) is 14.3. The highest BCUT2D eigenvalue weighted by Crippen LogP contribution is 2.37. The monoisotopic (exact) mass is 938 g/mol. The van der Waals surface area contributed by atoms with Crippen molar-refractivity contribution >= 4 is 35.3 Å². The molecule has 1 aromatic carbocycles. The molecule has 14 nitrogen and oxygen atoms in total. The number of ether oxygens (including phenoxy) is 5. The van der Waals surface area contributed by atoms with Gasteiger partial charge < -0.3 is 43.9 Å². The van der Waals surface area contributed by atoms with E-state index in [2.05, 4.69) is 13.8 Å². The van der Waals surface area contributed by atoms with Gasteiger partial charge in [-0.3, -0.25) is 19.2 Å². The van der Waals surface area contributed by atoms with Gasteiger partial charge in [0.2, 0.25) is 5.79 Å². The second-order valence-corrected chi connectivity index (χ2v) is 19.5. The lowest BCUT2D eigenvalue weighted by atomic mass is 9.81. The zero-order chi connectivity index (χ0) is 49.6. The fraction of sp³-hybridized carbons (Fsp3) is 0.679. The highest BCUT2D eigenvalue weighted by molar-refractivity contribution is 6.39. The first-order valence-electron chi connectivity index (χ1n) is 24.3. The number of likely N-dealkylation sites (tertiary alicyclic amines) is 1. The number of carbonyl (C=O) groups excluding carboxylic acids is 5. The fourth-order valence-electron chi connectivity index (χ4n) is 9.77.